The Hall–Kier alpha value is -1.22. The summed E-state index contributed by atoms with van der Waals surface area (Å²) >= 11 is 3.69. The second-order valence-corrected chi connectivity index (χ2v) is 6.66. The Balaban J connectivity index is 2.20. The van der Waals surface area contributed by atoms with Crippen molar-refractivity contribution >= 4 is 45.3 Å². The average Bonchev–Trinajstić information content (AvgIpc) is 2.66. The maximum absolute atomic E-state index is 11.0. The molecule has 0 bridgehead atoms. The Morgan fingerprint density at radius 3 is 2.79 bits per heavy atom. The molecular weight excluding hydrogens is 377 g/mol. The number of benzene rings is 1. The fourth-order valence-electron chi connectivity index (χ4n) is 1.72. The minimum Gasteiger partial charge on any atom is -0.374 e. The van der Waals surface area contributed by atoms with Gasteiger partial charge in [-0.3, -0.25) is 10.1 Å². The number of nitrogens with one attached hydrogen (secondary N) is 1. The highest BCUT2D eigenvalue weighted by atomic mass is 127. The molecule has 19 heavy (non-hydrogen) atoms. The van der Waals surface area contributed by atoms with E-state index in [0.29, 0.717) is 12.2 Å². The van der Waals surface area contributed by atoms with Gasteiger partial charge in [0.25, 0.3) is 5.69 Å². The highest BCUT2D eigenvalue weighted by molar-refractivity contribution is 14.1. The van der Waals surface area contributed by atoms with Crippen molar-refractivity contribution in [2.45, 2.75) is 20.4 Å². The standard InChI is InChI=1S/C12H12IN3O2S/c1-7-11(15-8(2)19-7)6-14-10-4-3-9(13)5-12(10)16(17)18/h3-5,14H,6H2,1-2H3. The van der Waals surface area contributed by atoms with Crippen molar-refractivity contribution in [3.63, 3.8) is 0 Å². The van der Waals surface area contributed by atoms with Crippen molar-refractivity contribution in [1.82, 2.24) is 4.98 Å². The highest BCUT2D eigenvalue weighted by Gasteiger charge is 2.14. The largest absolute Gasteiger partial charge is 0.374 e. The van der Waals surface area contributed by atoms with Crippen LogP contribution < -0.4 is 5.32 Å². The average molecular weight is 389 g/mol. The molecule has 0 radical (unpaired) electrons. The van der Waals surface area contributed by atoms with E-state index >= 15 is 0 Å². The molecule has 1 aromatic heterocycles. The molecule has 1 aromatic carbocycles. The first kappa shape index (κ1) is 14.2. The summed E-state index contributed by atoms with van der Waals surface area (Å²) in [4.78, 5) is 16.2. The van der Waals surface area contributed by atoms with Gasteiger partial charge < -0.3 is 5.32 Å². The third-order valence-corrected chi connectivity index (χ3v) is 4.20. The normalized spacial score (nSPS) is 10.5. The number of anilines is 1. The molecule has 0 saturated carbocycles. The van der Waals surface area contributed by atoms with Crippen molar-refractivity contribution in [3.8, 4) is 0 Å². The predicted octanol–water partition coefficient (Wildman–Crippen LogP) is 3.88. The van der Waals surface area contributed by atoms with E-state index in [1.165, 1.54) is 0 Å². The quantitative estimate of drug-likeness (QED) is 0.490. The van der Waals surface area contributed by atoms with Crippen molar-refractivity contribution in [2.24, 2.45) is 0 Å². The summed E-state index contributed by atoms with van der Waals surface area (Å²) in [6, 6.07) is 5.13. The summed E-state index contributed by atoms with van der Waals surface area (Å²) in [6.07, 6.45) is 0. The Morgan fingerprint density at radius 2 is 2.21 bits per heavy atom. The Kier molecular flexibility index (Phi) is 4.35. The van der Waals surface area contributed by atoms with Crippen LogP contribution in [0.15, 0.2) is 18.2 Å². The van der Waals surface area contributed by atoms with Gasteiger partial charge in [-0.15, -0.1) is 11.3 Å². The van der Waals surface area contributed by atoms with Crippen LogP contribution in [0.25, 0.3) is 0 Å². The van der Waals surface area contributed by atoms with E-state index in [9.17, 15) is 10.1 Å². The molecule has 0 spiro atoms. The molecule has 0 saturated heterocycles. The number of thiazole rings is 1. The first-order valence-corrected chi connectivity index (χ1v) is 7.47. The number of nitrogens with zero attached hydrogens (tertiary/aromatic N) is 2. The van der Waals surface area contributed by atoms with Crippen LogP contribution in [0.4, 0.5) is 11.4 Å². The SMILES string of the molecule is Cc1nc(CNc2ccc(I)cc2[N+](=O)[O-])c(C)s1. The molecule has 0 aliphatic heterocycles. The van der Waals surface area contributed by atoms with Crippen molar-refractivity contribution in [3.05, 3.63) is 47.5 Å². The van der Waals surface area contributed by atoms with Gasteiger partial charge in [0.05, 0.1) is 22.2 Å². The molecule has 0 atom stereocenters. The summed E-state index contributed by atoms with van der Waals surface area (Å²) in [5.74, 6) is 0. The van der Waals surface area contributed by atoms with Gasteiger partial charge in [-0.25, -0.2) is 4.98 Å². The molecule has 0 unspecified atom stereocenters. The maximum atomic E-state index is 11.0. The van der Waals surface area contributed by atoms with E-state index in [0.717, 1.165) is 19.1 Å². The second kappa shape index (κ2) is 5.83. The number of rotatable bonds is 4. The number of nitro groups is 1. The number of nitro benzene ring substituents is 1. The first-order valence-electron chi connectivity index (χ1n) is 5.58. The lowest BCUT2D eigenvalue weighted by atomic mass is 10.2. The summed E-state index contributed by atoms with van der Waals surface area (Å²) < 4.78 is 0.843. The second-order valence-electron chi connectivity index (χ2n) is 4.01. The van der Waals surface area contributed by atoms with Gasteiger partial charge in [0.15, 0.2) is 0 Å². The highest BCUT2D eigenvalue weighted by Crippen LogP contribution is 2.27. The molecule has 0 amide bonds. The van der Waals surface area contributed by atoms with Gasteiger partial charge in [-0.1, -0.05) is 0 Å². The van der Waals surface area contributed by atoms with Crippen LogP contribution in [-0.4, -0.2) is 9.91 Å². The molecule has 5 nitrogen and oxygen atoms in total. The van der Waals surface area contributed by atoms with E-state index in [-0.39, 0.29) is 10.6 Å². The Labute approximate surface area is 128 Å². The summed E-state index contributed by atoms with van der Waals surface area (Å²) in [7, 11) is 0. The number of aryl methyl sites for hydroxylation is 2. The Bertz CT molecular complexity index is 627. The van der Waals surface area contributed by atoms with Crippen LogP contribution in [0.5, 0.6) is 0 Å². The maximum Gasteiger partial charge on any atom is 0.293 e. The summed E-state index contributed by atoms with van der Waals surface area (Å²) in [5.41, 5.74) is 1.56. The van der Waals surface area contributed by atoms with E-state index in [1.807, 2.05) is 19.9 Å². The Morgan fingerprint density at radius 1 is 1.47 bits per heavy atom. The number of halogens is 1. The summed E-state index contributed by atoms with van der Waals surface area (Å²) in [5, 5.41) is 15.1. The smallest absolute Gasteiger partial charge is 0.293 e. The van der Waals surface area contributed by atoms with Gasteiger partial charge in [0, 0.05) is 14.5 Å². The van der Waals surface area contributed by atoms with Crippen LogP contribution >= 0.6 is 33.9 Å². The molecule has 1 heterocycles. The lowest BCUT2D eigenvalue weighted by Crippen LogP contribution is -2.04. The van der Waals surface area contributed by atoms with Crippen LogP contribution in [0.2, 0.25) is 0 Å². The molecule has 100 valence electrons. The van der Waals surface area contributed by atoms with E-state index < -0.39 is 0 Å². The molecule has 0 aliphatic carbocycles. The zero-order valence-electron chi connectivity index (χ0n) is 10.4. The van der Waals surface area contributed by atoms with Crippen LogP contribution in [0.1, 0.15) is 15.6 Å². The molecule has 0 fully saturated rings. The van der Waals surface area contributed by atoms with Crippen molar-refractivity contribution in [1.29, 1.82) is 0 Å². The van der Waals surface area contributed by atoms with Crippen LogP contribution in [0.3, 0.4) is 0 Å². The third kappa shape index (κ3) is 3.41. The minimum atomic E-state index is -0.371. The van der Waals surface area contributed by atoms with Gasteiger partial charge in [-0.05, 0) is 48.6 Å². The molecule has 1 N–H and O–H groups in total. The fourth-order valence-corrected chi connectivity index (χ4v) is 3.03. The minimum absolute atomic E-state index is 0.0940. The van der Waals surface area contributed by atoms with Gasteiger partial charge in [0.1, 0.15) is 5.69 Å². The number of aromatic nitrogens is 1. The van der Waals surface area contributed by atoms with Crippen LogP contribution in [0, 0.1) is 27.5 Å². The topological polar surface area (TPSA) is 68.1 Å². The van der Waals surface area contributed by atoms with Gasteiger partial charge >= 0.3 is 0 Å². The van der Waals surface area contributed by atoms with Gasteiger partial charge in [-0.2, -0.15) is 0 Å². The number of hydrogen-bond acceptors (Lipinski definition) is 5. The molecule has 2 aromatic rings. The van der Waals surface area contributed by atoms with Crippen molar-refractivity contribution < 1.29 is 4.92 Å². The lowest BCUT2D eigenvalue weighted by Gasteiger charge is -2.06. The zero-order chi connectivity index (χ0) is 14.0. The van der Waals surface area contributed by atoms with Crippen LogP contribution in [-0.2, 0) is 6.54 Å². The zero-order valence-corrected chi connectivity index (χ0v) is 13.4. The van der Waals surface area contributed by atoms with E-state index in [4.69, 9.17) is 0 Å². The fraction of sp³-hybridized carbons (Fsp3) is 0.250. The molecular formula is C12H12IN3O2S. The lowest BCUT2D eigenvalue weighted by molar-refractivity contribution is -0.384. The van der Waals surface area contributed by atoms with E-state index in [2.05, 4.69) is 32.9 Å². The van der Waals surface area contributed by atoms with E-state index in [1.54, 1.807) is 23.5 Å². The van der Waals surface area contributed by atoms with Gasteiger partial charge in [0.2, 0.25) is 0 Å². The predicted molar refractivity (Wildman–Crippen MR) is 84.7 cm³/mol. The molecule has 0 aliphatic rings. The third-order valence-electron chi connectivity index (χ3n) is 2.60. The first-order chi connectivity index (χ1) is 8.97. The number of hydrogen-bond donors (Lipinski definition) is 1. The summed E-state index contributed by atoms with van der Waals surface area (Å²) in [6.45, 7) is 4.45. The molecule has 7 heteroatoms. The van der Waals surface area contributed by atoms with Crippen molar-refractivity contribution in [2.75, 3.05) is 5.32 Å². The monoisotopic (exact) mass is 389 g/mol. The molecule has 2 rings (SSSR count).